The lowest BCUT2D eigenvalue weighted by atomic mass is 9.72. The van der Waals surface area contributed by atoms with Gasteiger partial charge in [0.05, 0.1) is 22.7 Å². The van der Waals surface area contributed by atoms with Crippen LogP contribution in [0.1, 0.15) is 49.9 Å². The molecule has 2 heteroatoms. The maximum atomic E-state index is 2.48. The Kier molecular flexibility index (Phi) is 5.63. The lowest BCUT2D eigenvalue weighted by Gasteiger charge is -2.43. The van der Waals surface area contributed by atoms with Crippen molar-refractivity contribution in [2.24, 2.45) is 0 Å². The van der Waals surface area contributed by atoms with Crippen LogP contribution in [0.2, 0.25) is 0 Å². The van der Waals surface area contributed by atoms with Gasteiger partial charge < -0.3 is 9.80 Å². The quantitative estimate of drug-likeness (QED) is 0.197. The van der Waals surface area contributed by atoms with E-state index in [1.54, 1.807) is 0 Å². The molecular formula is C44H36N2. The Morgan fingerprint density at radius 2 is 0.696 bits per heavy atom. The second-order valence-electron chi connectivity index (χ2n) is 13.9. The normalized spacial score (nSPS) is 15.7. The van der Waals surface area contributed by atoms with E-state index in [0.29, 0.717) is 0 Å². The zero-order valence-corrected chi connectivity index (χ0v) is 26.8. The molecule has 2 nitrogen and oxygen atoms in total. The molecule has 0 bridgehead atoms. The molecule has 0 atom stereocenters. The molecule has 0 saturated carbocycles. The van der Waals surface area contributed by atoms with E-state index < -0.39 is 0 Å². The summed E-state index contributed by atoms with van der Waals surface area (Å²) in [5.41, 5.74) is 12.4. The minimum absolute atomic E-state index is 0.137. The average Bonchev–Trinajstić information content (AvgIpc) is 3.08. The van der Waals surface area contributed by atoms with Gasteiger partial charge in [0.1, 0.15) is 0 Å². The smallest absolute Gasteiger partial charge is 0.0509 e. The molecule has 0 radical (unpaired) electrons. The summed E-state index contributed by atoms with van der Waals surface area (Å²) < 4.78 is 0. The molecular weight excluding hydrogens is 556 g/mol. The van der Waals surface area contributed by atoms with Gasteiger partial charge in [-0.05, 0) is 98.4 Å². The van der Waals surface area contributed by atoms with Gasteiger partial charge in [0.25, 0.3) is 0 Å². The zero-order valence-electron chi connectivity index (χ0n) is 26.8. The molecule has 0 aliphatic carbocycles. The van der Waals surface area contributed by atoms with Gasteiger partial charge in [-0.3, -0.25) is 0 Å². The van der Waals surface area contributed by atoms with Gasteiger partial charge in [0.15, 0.2) is 0 Å². The molecule has 0 aromatic heterocycles. The summed E-state index contributed by atoms with van der Waals surface area (Å²) in [4.78, 5) is 4.96. The Balaban J connectivity index is 1.29. The maximum absolute atomic E-state index is 2.48. The van der Waals surface area contributed by atoms with Crippen molar-refractivity contribution in [2.45, 2.75) is 38.5 Å². The van der Waals surface area contributed by atoms with Gasteiger partial charge in [-0.15, -0.1) is 0 Å². The molecule has 0 fully saturated rings. The van der Waals surface area contributed by atoms with E-state index in [1.807, 2.05) is 0 Å². The number of rotatable bonds is 2. The van der Waals surface area contributed by atoms with Crippen LogP contribution < -0.4 is 9.80 Å². The van der Waals surface area contributed by atoms with E-state index >= 15 is 0 Å². The van der Waals surface area contributed by atoms with Crippen molar-refractivity contribution in [3.05, 3.63) is 168 Å². The summed E-state index contributed by atoms with van der Waals surface area (Å²) in [6.45, 7) is 9.45. The maximum Gasteiger partial charge on any atom is 0.0509 e. The summed E-state index contributed by atoms with van der Waals surface area (Å²) in [6.07, 6.45) is 0. The van der Waals surface area contributed by atoms with Crippen molar-refractivity contribution < 1.29 is 0 Å². The highest BCUT2D eigenvalue weighted by molar-refractivity contribution is 5.97. The Morgan fingerprint density at radius 1 is 0.326 bits per heavy atom. The van der Waals surface area contributed by atoms with E-state index in [4.69, 9.17) is 0 Å². The molecule has 0 N–H and O–H groups in total. The minimum atomic E-state index is -0.137. The van der Waals surface area contributed by atoms with Crippen LogP contribution in [-0.4, -0.2) is 0 Å². The SMILES string of the molecule is CC1(C)c2ccccc2N(c2cccc(N3c4ccccc4C(C)(C)c4cc5ccccc5cc43)c2)c2cc3ccccc3cc21. The zero-order chi connectivity index (χ0) is 31.2. The molecule has 2 aliphatic heterocycles. The van der Waals surface area contributed by atoms with Crippen LogP contribution in [0, 0.1) is 0 Å². The fraction of sp³-hybridized carbons (Fsp3) is 0.136. The summed E-state index contributed by atoms with van der Waals surface area (Å²) in [5, 5.41) is 5.06. The highest BCUT2D eigenvalue weighted by Crippen LogP contribution is 2.55. The third kappa shape index (κ3) is 3.77. The predicted molar refractivity (Wildman–Crippen MR) is 195 cm³/mol. The first-order chi connectivity index (χ1) is 22.3. The molecule has 0 unspecified atom stereocenters. The van der Waals surface area contributed by atoms with Crippen molar-refractivity contribution in [3.63, 3.8) is 0 Å². The fourth-order valence-electron chi connectivity index (χ4n) is 8.10. The van der Waals surface area contributed by atoms with Gasteiger partial charge in [-0.25, -0.2) is 0 Å². The molecule has 7 aromatic rings. The summed E-state index contributed by atoms with van der Waals surface area (Å²) in [6, 6.07) is 54.0. The van der Waals surface area contributed by atoms with Crippen molar-refractivity contribution in [3.8, 4) is 0 Å². The largest absolute Gasteiger partial charge is 0.310 e. The number of hydrogen-bond acceptors (Lipinski definition) is 2. The molecule has 7 aromatic carbocycles. The topological polar surface area (TPSA) is 6.48 Å². The molecule has 2 aliphatic rings. The Hall–Kier alpha value is -5.34. The van der Waals surface area contributed by atoms with Crippen LogP contribution in [0.15, 0.2) is 146 Å². The van der Waals surface area contributed by atoms with Crippen molar-refractivity contribution in [1.29, 1.82) is 0 Å². The van der Waals surface area contributed by atoms with Gasteiger partial charge in [0, 0.05) is 22.2 Å². The Labute approximate surface area is 271 Å². The number of hydrogen-bond donors (Lipinski definition) is 0. The lowest BCUT2D eigenvalue weighted by molar-refractivity contribution is 0.632. The molecule has 9 rings (SSSR count). The number of para-hydroxylation sites is 2. The summed E-state index contributed by atoms with van der Waals surface area (Å²) >= 11 is 0. The van der Waals surface area contributed by atoms with Crippen LogP contribution in [0.3, 0.4) is 0 Å². The predicted octanol–water partition coefficient (Wildman–Crippen LogP) is 12.2. The fourth-order valence-corrected chi connectivity index (χ4v) is 8.10. The third-order valence-corrected chi connectivity index (χ3v) is 10.5. The summed E-state index contributed by atoms with van der Waals surface area (Å²) in [7, 11) is 0. The number of nitrogens with zero attached hydrogens (tertiary/aromatic N) is 2. The molecule has 46 heavy (non-hydrogen) atoms. The van der Waals surface area contributed by atoms with Crippen molar-refractivity contribution in [2.75, 3.05) is 9.80 Å². The highest BCUT2D eigenvalue weighted by atomic mass is 15.2. The minimum Gasteiger partial charge on any atom is -0.310 e. The van der Waals surface area contributed by atoms with Crippen molar-refractivity contribution >= 4 is 55.7 Å². The average molecular weight is 593 g/mol. The molecule has 222 valence electrons. The molecule has 0 spiro atoms. The van der Waals surface area contributed by atoms with Gasteiger partial charge in [0.2, 0.25) is 0 Å². The second kappa shape index (κ2) is 9.58. The van der Waals surface area contributed by atoms with Crippen LogP contribution in [0.5, 0.6) is 0 Å². The van der Waals surface area contributed by atoms with Gasteiger partial charge >= 0.3 is 0 Å². The Bertz CT molecular complexity index is 2180. The van der Waals surface area contributed by atoms with Crippen molar-refractivity contribution in [1.82, 2.24) is 0 Å². The van der Waals surface area contributed by atoms with E-state index in [-0.39, 0.29) is 10.8 Å². The van der Waals surface area contributed by atoms with Gasteiger partial charge in [-0.2, -0.15) is 0 Å². The van der Waals surface area contributed by atoms with E-state index in [0.717, 1.165) is 11.4 Å². The monoisotopic (exact) mass is 592 g/mol. The van der Waals surface area contributed by atoms with Crippen LogP contribution in [-0.2, 0) is 10.8 Å². The standard InChI is InChI=1S/C44H36N2/c1-43(2)35-20-9-11-22-39(35)45(41-26-31-16-7-5-14-29(31)24-37(41)43)33-18-13-19-34(28-33)46-40-23-12-10-21-36(40)44(3,4)38-25-30-15-6-8-17-32(30)27-42(38)46/h5-28H,1-4H3. The molecule has 0 saturated heterocycles. The lowest BCUT2D eigenvalue weighted by Crippen LogP contribution is -2.31. The van der Waals surface area contributed by atoms with E-state index in [2.05, 4.69) is 183 Å². The second-order valence-corrected chi connectivity index (χ2v) is 13.9. The highest BCUT2D eigenvalue weighted by Gasteiger charge is 2.39. The third-order valence-electron chi connectivity index (χ3n) is 10.5. The van der Waals surface area contributed by atoms with E-state index in [1.165, 1.54) is 66.5 Å². The first-order valence-electron chi connectivity index (χ1n) is 16.3. The molecule has 0 amide bonds. The van der Waals surface area contributed by atoms with Crippen LogP contribution >= 0.6 is 0 Å². The van der Waals surface area contributed by atoms with Crippen LogP contribution in [0.25, 0.3) is 21.5 Å². The molecule has 2 heterocycles. The van der Waals surface area contributed by atoms with Gasteiger partial charge in [-0.1, -0.05) is 119 Å². The number of anilines is 6. The number of benzene rings is 7. The van der Waals surface area contributed by atoms with E-state index in [9.17, 15) is 0 Å². The summed E-state index contributed by atoms with van der Waals surface area (Å²) in [5.74, 6) is 0. The first kappa shape index (κ1) is 27.0. The van der Waals surface area contributed by atoms with Crippen LogP contribution in [0.4, 0.5) is 34.1 Å². The Morgan fingerprint density at radius 3 is 1.13 bits per heavy atom. The first-order valence-corrected chi connectivity index (χ1v) is 16.3. The number of fused-ring (bicyclic) bond motifs is 6.